The van der Waals surface area contributed by atoms with E-state index in [-0.39, 0.29) is 11.1 Å². The molecule has 2 aliphatic rings. The molecular weight excluding hydrogens is 282 g/mol. The van der Waals surface area contributed by atoms with Crippen molar-refractivity contribution >= 4 is 21.7 Å². The quantitative estimate of drug-likeness (QED) is 0.796. The molecule has 2 nitrogen and oxygen atoms in total. The summed E-state index contributed by atoms with van der Waals surface area (Å²) in [6.45, 7) is 0. The van der Waals surface area contributed by atoms with Crippen molar-refractivity contribution in [2.75, 3.05) is 0 Å². The Kier molecular flexibility index (Phi) is 1.75. The molecule has 1 atom stereocenters. The molecule has 0 bridgehead atoms. The Bertz CT molecular complexity index is 527. The van der Waals surface area contributed by atoms with E-state index in [1.807, 2.05) is 0 Å². The molecule has 0 spiro atoms. The third kappa shape index (κ3) is 1.00. The van der Waals surface area contributed by atoms with Gasteiger partial charge in [-0.3, -0.25) is 4.79 Å². The minimum Gasteiger partial charge on any atom is -0.378 e. The predicted octanol–water partition coefficient (Wildman–Crippen LogP) is 2.41. The third-order valence-electron chi connectivity index (χ3n) is 3.33. The van der Waals surface area contributed by atoms with Crippen LogP contribution in [0.2, 0.25) is 0 Å². The molecule has 0 amide bonds. The molecule has 84 valence electrons. The SMILES string of the molecule is O=C1CC2(O)c3c(cc(Br)cc31)CC2(F)F. The van der Waals surface area contributed by atoms with Crippen LogP contribution in [-0.2, 0) is 12.0 Å². The second kappa shape index (κ2) is 2.71. The Morgan fingerprint density at radius 1 is 1.31 bits per heavy atom. The van der Waals surface area contributed by atoms with Gasteiger partial charge in [0.25, 0.3) is 5.92 Å². The molecule has 16 heavy (non-hydrogen) atoms. The molecule has 2 aliphatic carbocycles. The second-order valence-corrected chi connectivity index (χ2v) is 5.24. The van der Waals surface area contributed by atoms with Crippen molar-refractivity contribution in [3.63, 3.8) is 0 Å². The lowest BCUT2D eigenvalue weighted by Crippen LogP contribution is -2.40. The molecule has 0 radical (unpaired) electrons. The van der Waals surface area contributed by atoms with Gasteiger partial charge in [-0.15, -0.1) is 0 Å². The molecule has 0 heterocycles. The summed E-state index contributed by atoms with van der Waals surface area (Å²) in [4.78, 5) is 11.6. The average Bonchev–Trinajstić information content (AvgIpc) is 2.48. The topological polar surface area (TPSA) is 37.3 Å². The highest BCUT2D eigenvalue weighted by Crippen LogP contribution is 2.55. The zero-order chi connectivity index (χ0) is 11.7. The summed E-state index contributed by atoms with van der Waals surface area (Å²) in [5.74, 6) is -3.67. The van der Waals surface area contributed by atoms with Crippen LogP contribution in [-0.4, -0.2) is 16.8 Å². The van der Waals surface area contributed by atoms with Gasteiger partial charge in [0.1, 0.15) is 0 Å². The largest absolute Gasteiger partial charge is 0.378 e. The Balaban J connectivity index is 2.37. The van der Waals surface area contributed by atoms with Crippen LogP contribution in [0.5, 0.6) is 0 Å². The van der Waals surface area contributed by atoms with Gasteiger partial charge < -0.3 is 5.11 Å². The van der Waals surface area contributed by atoms with Gasteiger partial charge >= 0.3 is 0 Å². The number of carbonyl (C=O) groups is 1. The number of benzene rings is 1. The van der Waals surface area contributed by atoms with Gasteiger partial charge in [0.2, 0.25) is 0 Å². The van der Waals surface area contributed by atoms with E-state index in [9.17, 15) is 18.7 Å². The van der Waals surface area contributed by atoms with Crippen LogP contribution in [0.3, 0.4) is 0 Å². The summed E-state index contributed by atoms with van der Waals surface area (Å²) in [6.07, 6.45) is -1.02. The lowest BCUT2D eigenvalue weighted by molar-refractivity contribution is -0.169. The van der Waals surface area contributed by atoms with Crippen molar-refractivity contribution in [3.05, 3.63) is 33.3 Å². The van der Waals surface area contributed by atoms with Crippen molar-refractivity contribution in [3.8, 4) is 0 Å². The minimum atomic E-state index is -3.25. The molecule has 0 fully saturated rings. The average molecular weight is 289 g/mol. The second-order valence-electron chi connectivity index (χ2n) is 4.33. The molecule has 3 rings (SSSR count). The van der Waals surface area contributed by atoms with E-state index in [0.29, 0.717) is 10.0 Å². The fraction of sp³-hybridized carbons (Fsp3) is 0.364. The Labute approximate surface area is 98.4 Å². The molecule has 1 N–H and O–H groups in total. The summed E-state index contributed by atoms with van der Waals surface area (Å²) in [5.41, 5.74) is -1.56. The zero-order valence-corrected chi connectivity index (χ0v) is 9.64. The number of carbonyl (C=O) groups excluding carboxylic acids is 1. The van der Waals surface area contributed by atoms with Gasteiger partial charge in [-0.2, -0.15) is 0 Å². The van der Waals surface area contributed by atoms with Crippen molar-refractivity contribution in [2.24, 2.45) is 0 Å². The number of alkyl halides is 2. The highest BCUT2D eigenvalue weighted by Gasteiger charge is 2.64. The number of Topliss-reactive ketones (excluding diaryl/α,β-unsaturated/α-hetero) is 1. The first kappa shape index (κ1) is 10.4. The first-order valence-electron chi connectivity index (χ1n) is 4.81. The highest BCUT2D eigenvalue weighted by molar-refractivity contribution is 9.10. The van der Waals surface area contributed by atoms with Crippen LogP contribution in [0.4, 0.5) is 8.78 Å². The van der Waals surface area contributed by atoms with Gasteiger partial charge in [0.15, 0.2) is 11.4 Å². The molecule has 0 saturated heterocycles. The van der Waals surface area contributed by atoms with Crippen molar-refractivity contribution in [2.45, 2.75) is 24.4 Å². The zero-order valence-electron chi connectivity index (χ0n) is 8.06. The maximum Gasteiger partial charge on any atom is 0.284 e. The van der Waals surface area contributed by atoms with E-state index in [4.69, 9.17) is 0 Å². The van der Waals surface area contributed by atoms with Crippen LogP contribution in [0.15, 0.2) is 16.6 Å². The number of hydrogen-bond donors (Lipinski definition) is 1. The number of aliphatic hydroxyl groups is 1. The molecule has 5 heteroatoms. The molecule has 0 aliphatic heterocycles. The van der Waals surface area contributed by atoms with E-state index in [0.717, 1.165) is 0 Å². The smallest absolute Gasteiger partial charge is 0.284 e. The molecule has 1 aromatic rings. The van der Waals surface area contributed by atoms with E-state index < -0.39 is 30.1 Å². The van der Waals surface area contributed by atoms with Crippen molar-refractivity contribution in [1.29, 1.82) is 0 Å². The maximum atomic E-state index is 13.7. The minimum absolute atomic E-state index is 0.130. The summed E-state index contributed by atoms with van der Waals surface area (Å²) >= 11 is 3.18. The van der Waals surface area contributed by atoms with Gasteiger partial charge in [0.05, 0.1) is 6.42 Å². The van der Waals surface area contributed by atoms with E-state index in [1.165, 1.54) is 6.07 Å². The first-order valence-corrected chi connectivity index (χ1v) is 5.61. The Morgan fingerprint density at radius 3 is 2.69 bits per heavy atom. The molecule has 0 aromatic heterocycles. The standard InChI is InChI=1S/C11H7BrF2O2/c12-6-1-5-3-11(13,14)10(16)4-8(15)7(2-6)9(5)10/h1-2,16H,3-4H2. The number of hydrogen-bond acceptors (Lipinski definition) is 2. The molecular formula is C11H7BrF2O2. The van der Waals surface area contributed by atoms with E-state index >= 15 is 0 Å². The number of halogens is 3. The van der Waals surface area contributed by atoms with Crippen LogP contribution in [0.1, 0.15) is 27.9 Å². The van der Waals surface area contributed by atoms with Crippen molar-refractivity contribution in [1.82, 2.24) is 0 Å². The van der Waals surface area contributed by atoms with Crippen molar-refractivity contribution < 1.29 is 18.7 Å². The van der Waals surface area contributed by atoms with Crippen LogP contribution in [0, 0.1) is 0 Å². The summed E-state index contributed by atoms with van der Waals surface area (Å²) in [6, 6.07) is 3.05. The Morgan fingerprint density at radius 2 is 2.00 bits per heavy atom. The fourth-order valence-corrected chi connectivity index (χ4v) is 3.13. The van der Waals surface area contributed by atoms with Gasteiger partial charge in [-0.1, -0.05) is 15.9 Å². The monoisotopic (exact) mass is 288 g/mol. The number of ketones is 1. The third-order valence-corrected chi connectivity index (χ3v) is 3.79. The van der Waals surface area contributed by atoms with Gasteiger partial charge in [-0.25, -0.2) is 8.78 Å². The maximum absolute atomic E-state index is 13.7. The van der Waals surface area contributed by atoms with Crippen LogP contribution < -0.4 is 0 Å². The van der Waals surface area contributed by atoms with Crippen LogP contribution >= 0.6 is 15.9 Å². The van der Waals surface area contributed by atoms with Crippen LogP contribution in [0.25, 0.3) is 0 Å². The Hall–Kier alpha value is -0.810. The summed E-state index contributed by atoms with van der Waals surface area (Å²) in [5, 5.41) is 10.0. The predicted molar refractivity (Wildman–Crippen MR) is 55.6 cm³/mol. The van der Waals surface area contributed by atoms with E-state index in [2.05, 4.69) is 15.9 Å². The summed E-state index contributed by atoms with van der Waals surface area (Å²) < 4.78 is 28.0. The lowest BCUT2D eigenvalue weighted by atomic mass is 9.95. The molecule has 1 aromatic carbocycles. The molecule has 1 unspecified atom stereocenters. The number of rotatable bonds is 0. The highest BCUT2D eigenvalue weighted by atomic mass is 79.9. The lowest BCUT2D eigenvalue weighted by Gasteiger charge is -2.25. The first-order chi connectivity index (χ1) is 7.35. The van der Waals surface area contributed by atoms with Gasteiger partial charge in [-0.05, 0) is 17.7 Å². The molecule has 0 saturated carbocycles. The fourth-order valence-electron chi connectivity index (χ4n) is 2.62. The van der Waals surface area contributed by atoms with Gasteiger partial charge in [0, 0.05) is 22.0 Å². The van der Waals surface area contributed by atoms with E-state index in [1.54, 1.807) is 6.07 Å². The normalized spacial score (nSPS) is 29.6. The summed E-state index contributed by atoms with van der Waals surface area (Å²) in [7, 11) is 0.